The van der Waals surface area contributed by atoms with Crippen LogP contribution in [0.2, 0.25) is 5.02 Å². The molecule has 0 radical (unpaired) electrons. The van der Waals surface area contributed by atoms with Crippen LogP contribution in [-0.2, 0) is 15.8 Å². The van der Waals surface area contributed by atoms with Crippen LogP contribution in [0, 0.1) is 0 Å². The Bertz CT molecular complexity index is 773. The number of anilines is 1. The van der Waals surface area contributed by atoms with Gasteiger partial charge >= 0.3 is 18.0 Å². The van der Waals surface area contributed by atoms with Crippen molar-refractivity contribution in [1.82, 2.24) is 5.43 Å². The molecule has 0 aliphatic rings. The number of carbonyl (C=O) groups is 2. The Hall–Kier alpha value is -2.81. The van der Waals surface area contributed by atoms with Crippen LogP contribution < -0.4 is 10.7 Å². The molecule has 126 valence electrons. The molecule has 2 aromatic rings. The molecular formula is C14H9ClF3N3O3. The number of benzene rings is 1. The first-order valence-corrected chi connectivity index (χ1v) is 6.70. The van der Waals surface area contributed by atoms with Crippen LogP contribution in [0.5, 0.6) is 0 Å². The molecule has 0 bridgehead atoms. The minimum absolute atomic E-state index is 0.234. The normalized spacial score (nSPS) is 11.5. The minimum Gasteiger partial charge on any atom is -0.463 e. The Morgan fingerprint density at radius 1 is 1.21 bits per heavy atom. The molecule has 0 aliphatic carbocycles. The molecule has 0 fully saturated rings. The summed E-state index contributed by atoms with van der Waals surface area (Å²) in [7, 11) is 0. The monoisotopic (exact) mass is 359 g/mol. The Labute approximate surface area is 138 Å². The highest BCUT2D eigenvalue weighted by Crippen LogP contribution is 2.36. The van der Waals surface area contributed by atoms with Gasteiger partial charge in [-0.1, -0.05) is 11.6 Å². The van der Waals surface area contributed by atoms with Crippen LogP contribution in [-0.4, -0.2) is 18.0 Å². The Morgan fingerprint density at radius 3 is 2.58 bits per heavy atom. The molecule has 2 amide bonds. The standard InChI is InChI=1S/C14H9ClF3N3O3/c15-11-4-3-8(6-10(11)14(16,17)18)20-12(22)13(23)21-19-7-9-2-1-5-24-9/h1-7H,(H,20,22)(H,21,23). The second-order valence-corrected chi connectivity index (χ2v) is 4.77. The second-order valence-electron chi connectivity index (χ2n) is 4.36. The van der Waals surface area contributed by atoms with E-state index in [2.05, 4.69) is 5.10 Å². The van der Waals surface area contributed by atoms with Crippen molar-refractivity contribution in [2.24, 2.45) is 5.10 Å². The average Bonchev–Trinajstić information content (AvgIpc) is 3.01. The van der Waals surface area contributed by atoms with Crippen molar-refractivity contribution in [3.63, 3.8) is 0 Å². The summed E-state index contributed by atoms with van der Waals surface area (Å²) in [6, 6.07) is 5.87. The largest absolute Gasteiger partial charge is 0.463 e. The molecule has 0 saturated heterocycles. The van der Waals surface area contributed by atoms with Gasteiger partial charge in [0.05, 0.1) is 23.1 Å². The number of nitrogens with one attached hydrogen (secondary N) is 2. The zero-order chi connectivity index (χ0) is 17.7. The lowest BCUT2D eigenvalue weighted by Crippen LogP contribution is -2.32. The molecule has 0 atom stereocenters. The molecule has 0 spiro atoms. The Balaban J connectivity index is 2.00. The molecule has 10 heteroatoms. The van der Waals surface area contributed by atoms with Crippen molar-refractivity contribution in [1.29, 1.82) is 0 Å². The van der Waals surface area contributed by atoms with Gasteiger partial charge in [0.15, 0.2) is 0 Å². The van der Waals surface area contributed by atoms with E-state index >= 15 is 0 Å². The van der Waals surface area contributed by atoms with Gasteiger partial charge in [-0.2, -0.15) is 18.3 Å². The number of amides is 2. The summed E-state index contributed by atoms with van der Waals surface area (Å²) < 4.78 is 43.1. The van der Waals surface area contributed by atoms with Crippen molar-refractivity contribution in [3.8, 4) is 0 Å². The van der Waals surface area contributed by atoms with Crippen LogP contribution in [0.25, 0.3) is 0 Å². The second kappa shape index (κ2) is 7.18. The molecule has 0 unspecified atom stereocenters. The maximum absolute atomic E-state index is 12.7. The van der Waals surface area contributed by atoms with Gasteiger partial charge in [0, 0.05) is 5.69 Å². The number of hydrogen-bond acceptors (Lipinski definition) is 4. The van der Waals surface area contributed by atoms with Gasteiger partial charge in [-0.25, -0.2) is 5.43 Å². The Morgan fingerprint density at radius 2 is 1.96 bits per heavy atom. The van der Waals surface area contributed by atoms with Gasteiger partial charge in [-0.15, -0.1) is 0 Å². The van der Waals surface area contributed by atoms with E-state index in [4.69, 9.17) is 16.0 Å². The van der Waals surface area contributed by atoms with E-state index in [1.807, 2.05) is 10.7 Å². The van der Waals surface area contributed by atoms with Crippen molar-refractivity contribution in [3.05, 3.63) is 52.9 Å². The predicted octanol–water partition coefficient (Wildman–Crippen LogP) is 3.04. The van der Waals surface area contributed by atoms with Gasteiger partial charge < -0.3 is 9.73 Å². The summed E-state index contributed by atoms with van der Waals surface area (Å²) >= 11 is 5.46. The van der Waals surface area contributed by atoms with Crippen molar-refractivity contribution < 1.29 is 27.2 Å². The topological polar surface area (TPSA) is 83.7 Å². The third-order valence-corrected chi connectivity index (χ3v) is 2.97. The molecule has 0 saturated carbocycles. The van der Waals surface area contributed by atoms with E-state index in [1.54, 1.807) is 12.1 Å². The molecule has 2 rings (SSSR count). The van der Waals surface area contributed by atoms with Crippen molar-refractivity contribution in [2.75, 3.05) is 5.32 Å². The highest BCUT2D eigenvalue weighted by Gasteiger charge is 2.33. The fraction of sp³-hybridized carbons (Fsp3) is 0.0714. The van der Waals surface area contributed by atoms with E-state index in [1.165, 1.54) is 6.26 Å². The third kappa shape index (κ3) is 4.59. The van der Waals surface area contributed by atoms with E-state index in [-0.39, 0.29) is 5.69 Å². The van der Waals surface area contributed by atoms with Gasteiger partial charge in [0.2, 0.25) is 0 Å². The summed E-state index contributed by atoms with van der Waals surface area (Å²) in [6.07, 6.45) is -2.16. The molecule has 24 heavy (non-hydrogen) atoms. The first-order valence-electron chi connectivity index (χ1n) is 6.32. The number of hydrazone groups is 1. The first-order chi connectivity index (χ1) is 11.3. The average molecular weight is 360 g/mol. The number of carbonyl (C=O) groups excluding carboxylic acids is 2. The van der Waals surface area contributed by atoms with E-state index < -0.39 is 28.6 Å². The van der Waals surface area contributed by atoms with Gasteiger partial charge in [0.1, 0.15) is 5.76 Å². The highest BCUT2D eigenvalue weighted by molar-refractivity contribution is 6.39. The lowest BCUT2D eigenvalue weighted by Gasteiger charge is -2.11. The number of halogens is 4. The van der Waals surface area contributed by atoms with Crippen molar-refractivity contribution in [2.45, 2.75) is 6.18 Å². The number of furan rings is 1. The third-order valence-electron chi connectivity index (χ3n) is 2.64. The predicted molar refractivity (Wildman–Crippen MR) is 79.5 cm³/mol. The molecule has 1 heterocycles. The number of nitrogens with zero attached hydrogens (tertiary/aromatic N) is 1. The first kappa shape index (κ1) is 17.5. The quantitative estimate of drug-likeness (QED) is 0.502. The summed E-state index contributed by atoms with van der Waals surface area (Å²) in [5, 5.41) is 4.96. The van der Waals surface area contributed by atoms with Gasteiger partial charge in [-0.3, -0.25) is 9.59 Å². The zero-order valence-electron chi connectivity index (χ0n) is 11.7. The minimum atomic E-state index is -4.69. The highest BCUT2D eigenvalue weighted by atomic mass is 35.5. The Kier molecular flexibility index (Phi) is 5.24. The summed E-state index contributed by atoms with van der Waals surface area (Å²) in [4.78, 5) is 23.1. The van der Waals surface area contributed by atoms with Crippen LogP contribution in [0.4, 0.5) is 18.9 Å². The molecule has 1 aromatic carbocycles. The SMILES string of the molecule is O=C(NN=Cc1ccco1)C(=O)Nc1ccc(Cl)c(C(F)(F)F)c1. The molecular weight excluding hydrogens is 351 g/mol. The summed E-state index contributed by atoms with van der Waals surface area (Å²) in [5.74, 6) is -2.02. The molecule has 6 nitrogen and oxygen atoms in total. The van der Waals surface area contributed by atoms with E-state index in [0.29, 0.717) is 11.8 Å². The van der Waals surface area contributed by atoms with Crippen LogP contribution in [0.15, 0.2) is 46.1 Å². The number of rotatable bonds is 3. The van der Waals surface area contributed by atoms with Crippen LogP contribution >= 0.6 is 11.6 Å². The van der Waals surface area contributed by atoms with Crippen molar-refractivity contribution >= 4 is 35.3 Å². The lowest BCUT2D eigenvalue weighted by atomic mass is 10.2. The van der Waals surface area contributed by atoms with Gasteiger partial charge in [0.25, 0.3) is 0 Å². The summed E-state index contributed by atoms with van der Waals surface area (Å²) in [5.41, 5.74) is 0.546. The van der Waals surface area contributed by atoms with Crippen LogP contribution in [0.3, 0.4) is 0 Å². The van der Waals surface area contributed by atoms with E-state index in [0.717, 1.165) is 18.3 Å². The molecule has 0 aliphatic heterocycles. The smallest absolute Gasteiger partial charge is 0.417 e. The van der Waals surface area contributed by atoms with Gasteiger partial charge in [-0.05, 0) is 30.3 Å². The maximum atomic E-state index is 12.7. The maximum Gasteiger partial charge on any atom is 0.417 e. The fourth-order valence-electron chi connectivity index (χ4n) is 1.58. The summed E-state index contributed by atoms with van der Waals surface area (Å²) in [6.45, 7) is 0. The lowest BCUT2D eigenvalue weighted by molar-refractivity contribution is -0.137. The number of alkyl halides is 3. The number of hydrogen-bond donors (Lipinski definition) is 2. The molecule has 2 N–H and O–H groups in total. The van der Waals surface area contributed by atoms with E-state index in [9.17, 15) is 22.8 Å². The fourth-order valence-corrected chi connectivity index (χ4v) is 1.80. The molecule has 1 aromatic heterocycles. The van der Waals surface area contributed by atoms with Crippen LogP contribution in [0.1, 0.15) is 11.3 Å². The zero-order valence-corrected chi connectivity index (χ0v) is 12.5.